The normalized spacial score (nSPS) is 28.1. The Labute approximate surface area is 132 Å². The van der Waals surface area contributed by atoms with E-state index in [1.165, 1.54) is 0 Å². The van der Waals surface area contributed by atoms with Gasteiger partial charge in [-0.2, -0.15) is 0 Å². The first kappa shape index (κ1) is 16.1. The number of piperazine rings is 1. The molecule has 5 heteroatoms. The van der Waals surface area contributed by atoms with Crippen molar-refractivity contribution in [2.75, 3.05) is 19.7 Å². The molecule has 3 unspecified atom stereocenters. The summed E-state index contributed by atoms with van der Waals surface area (Å²) in [7, 11) is 0. The first-order valence-corrected chi connectivity index (χ1v) is 7.44. The van der Waals surface area contributed by atoms with Gasteiger partial charge in [-0.1, -0.05) is 18.2 Å². The third-order valence-corrected chi connectivity index (χ3v) is 4.57. The molecule has 3 atom stereocenters. The van der Waals surface area contributed by atoms with Crippen molar-refractivity contribution in [1.82, 2.24) is 10.2 Å². The minimum absolute atomic E-state index is 0. The van der Waals surface area contributed by atoms with Crippen LogP contribution in [0, 0.1) is 0 Å². The molecule has 1 saturated heterocycles. The molecule has 0 aromatic heterocycles. The molecular formula is C16H23ClN2O2. The molecular weight excluding hydrogens is 288 g/mol. The van der Waals surface area contributed by atoms with Crippen molar-refractivity contribution in [2.45, 2.75) is 38.3 Å². The van der Waals surface area contributed by atoms with Crippen LogP contribution in [0.5, 0.6) is 5.75 Å². The van der Waals surface area contributed by atoms with E-state index in [1.807, 2.05) is 29.2 Å². The Morgan fingerprint density at radius 2 is 2.10 bits per heavy atom. The van der Waals surface area contributed by atoms with Crippen molar-refractivity contribution in [3.05, 3.63) is 29.8 Å². The van der Waals surface area contributed by atoms with Crippen molar-refractivity contribution in [3.63, 3.8) is 0 Å². The number of amides is 1. The molecule has 21 heavy (non-hydrogen) atoms. The average molecular weight is 311 g/mol. The van der Waals surface area contributed by atoms with Crippen LogP contribution in [0.2, 0.25) is 0 Å². The minimum Gasteiger partial charge on any atom is -0.493 e. The third kappa shape index (κ3) is 3.01. The molecule has 1 aromatic carbocycles. The zero-order chi connectivity index (χ0) is 14.1. The van der Waals surface area contributed by atoms with Gasteiger partial charge in [-0.05, 0) is 26.3 Å². The van der Waals surface area contributed by atoms with Crippen LogP contribution >= 0.6 is 12.4 Å². The highest BCUT2D eigenvalue weighted by atomic mass is 35.5. The number of hydrogen-bond acceptors (Lipinski definition) is 3. The number of rotatable bonds is 1. The number of nitrogens with one attached hydrogen (secondary N) is 1. The maximum Gasteiger partial charge on any atom is 0.230 e. The number of ether oxygens (including phenoxy) is 1. The number of benzene rings is 1. The van der Waals surface area contributed by atoms with Crippen molar-refractivity contribution in [1.29, 1.82) is 0 Å². The fourth-order valence-corrected chi connectivity index (χ4v) is 3.17. The highest BCUT2D eigenvalue weighted by Gasteiger charge is 2.35. The highest BCUT2D eigenvalue weighted by molar-refractivity contribution is 5.85. The number of fused-ring (bicyclic) bond motifs is 1. The highest BCUT2D eigenvalue weighted by Crippen LogP contribution is 2.35. The van der Waals surface area contributed by atoms with Crippen LogP contribution in [-0.4, -0.2) is 42.6 Å². The Kier molecular flexibility index (Phi) is 5.12. The number of para-hydroxylation sites is 1. The third-order valence-electron chi connectivity index (χ3n) is 4.57. The fourth-order valence-electron chi connectivity index (χ4n) is 3.17. The topological polar surface area (TPSA) is 41.6 Å². The molecule has 0 aliphatic carbocycles. The second kappa shape index (κ2) is 6.67. The summed E-state index contributed by atoms with van der Waals surface area (Å²) in [5, 5.41) is 3.42. The van der Waals surface area contributed by atoms with E-state index in [1.54, 1.807) is 0 Å². The van der Waals surface area contributed by atoms with Crippen LogP contribution in [0.1, 0.15) is 31.7 Å². The van der Waals surface area contributed by atoms with Gasteiger partial charge in [0.2, 0.25) is 5.91 Å². The zero-order valence-electron chi connectivity index (χ0n) is 12.5. The lowest BCUT2D eigenvalue weighted by atomic mass is 9.90. The molecule has 1 aromatic rings. The van der Waals surface area contributed by atoms with Gasteiger partial charge in [0.05, 0.1) is 12.5 Å². The molecule has 1 N–H and O–H groups in total. The lowest BCUT2D eigenvalue weighted by Gasteiger charge is -2.41. The largest absolute Gasteiger partial charge is 0.493 e. The van der Waals surface area contributed by atoms with Gasteiger partial charge in [-0.3, -0.25) is 4.79 Å². The monoisotopic (exact) mass is 310 g/mol. The predicted octanol–water partition coefficient (Wildman–Crippen LogP) is 2.18. The van der Waals surface area contributed by atoms with E-state index in [2.05, 4.69) is 19.2 Å². The molecule has 2 aliphatic heterocycles. The molecule has 4 nitrogen and oxygen atoms in total. The molecule has 2 heterocycles. The summed E-state index contributed by atoms with van der Waals surface area (Å²) in [5.74, 6) is 1.07. The predicted molar refractivity (Wildman–Crippen MR) is 85.2 cm³/mol. The van der Waals surface area contributed by atoms with Crippen LogP contribution in [0.4, 0.5) is 0 Å². The van der Waals surface area contributed by atoms with E-state index in [0.29, 0.717) is 12.6 Å². The van der Waals surface area contributed by atoms with Gasteiger partial charge in [-0.25, -0.2) is 0 Å². The SMILES string of the molecule is CC1NCCN(C(=O)C2CCOc3ccccc32)C1C.Cl. The van der Waals surface area contributed by atoms with Crippen LogP contribution in [0.3, 0.4) is 0 Å². The maximum absolute atomic E-state index is 12.9. The Balaban J connectivity index is 0.00000161. The summed E-state index contributed by atoms with van der Waals surface area (Å²) >= 11 is 0. The zero-order valence-corrected chi connectivity index (χ0v) is 13.4. The molecule has 0 spiro atoms. The summed E-state index contributed by atoms with van der Waals surface area (Å²) in [6.45, 7) is 6.57. The standard InChI is InChI=1S/C16H22N2O2.ClH/c1-11-12(2)18(9-8-17-11)16(19)14-7-10-20-15-6-4-3-5-13(14)15;/h3-6,11-12,14,17H,7-10H2,1-2H3;1H. The van der Waals surface area contributed by atoms with Crippen LogP contribution in [-0.2, 0) is 4.79 Å². The Bertz CT molecular complexity index is 509. The van der Waals surface area contributed by atoms with Crippen LogP contribution in [0.25, 0.3) is 0 Å². The average Bonchev–Trinajstić information content (AvgIpc) is 2.49. The van der Waals surface area contributed by atoms with E-state index >= 15 is 0 Å². The number of carbonyl (C=O) groups is 1. The van der Waals surface area contributed by atoms with Crippen molar-refractivity contribution >= 4 is 18.3 Å². The summed E-state index contributed by atoms with van der Waals surface area (Å²) in [6, 6.07) is 8.51. The van der Waals surface area contributed by atoms with E-state index in [-0.39, 0.29) is 30.3 Å². The van der Waals surface area contributed by atoms with Gasteiger partial charge in [0.1, 0.15) is 5.75 Å². The maximum atomic E-state index is 12.9. The van der Waals surface area contributed by atoms with E-state index in [4.69, 9.17) is 4.74 Å². The van der Waals surface area contributed by atoms with Gasteiger partial charge in [0.15, 0.2) is 0 Å². The lowest BCUT2D eigenvalue weighted by Crippen LogP contribution is -2.58. The van der Waals surface area contributed by atoms with E-state index in [0.717, 1.165) is 30.8 Å². The number of carbonyl (C=O) groups excluding carboxylic acids is 1. The lowest BCUT2D eigenvalue weighted by molar-refractivity contribution is -0.137. The molecule has 116 valence electrons. The van der Waals surface area contributed by atoms with Gasteiger partial charge in [-0.15, -0.1) is 12.4 Å². The van der Waals surface area contributed by atoms with E-state index < -0.39 is 0 Å². The first-order chi connectivity index (χ1) is 9.68. The molecule has 0 radical (unpaired) electrons. The first-order valence-electron chi connectivity index (χ1n) is 7.44. The molecule has 0 bridgehead atoms. The van der Waals surface area contributed by atoms with Crippen molar-refractivity contribution < 1.29 is 9.53 Å². The molecule has 3 rings (SSSR count). The number of halogens is 1. The van der Waals surface area contributed by atoms with Crippen molar-refractivity contribution in [2.24, 2.45) is 0 Å². The van der Waals surface area contributed by atoms with Crippen LogP contribution in [0.15, 0.2) is 24.3 Å². The summed E-state index contributed by atoms with van der Waals surface area (Å²) in [6.07, 6.45) is 0.779. The number of nitrogens with zero attached hydrogens (tertiary/aromatic N) is 1. The summed E-state index contributed by atoms with van der Waals surface area (Å²) in [4.78, 5) is 15.0. The molecule has 0 saturated carbocycles. The van der Waals surface area contributed by atoms with Gasteiger partial charge in [0, 0.05) is 30.7 Å². The second-order valence-electron chi connectivity index (χ2n) is 5.74. The Morgan fingerprint density at radius 3 is 2.90 bits per heavy atom. The van der Waals surface area contributed by atoms with Gasteiger partial charge >= 0.3 is 0 Å². The quantitative estimate of drug-likeness (QED) is 0.864. The second-order valence-corrected chi connectivity index (χ2v) is 5.74. The Morgan fingerprint density at radius 1 is 1.33 bits per heavy atom. The van der Waals surface area contributed by atoms with Gasteiger partial charge in [0.25, 0.3) is 0 Å². The van der Waals surface area contributed by atoms with Crippen LogP contribution < -0.4 is 10.1 Å². The smallest absolute Gasteiger partial charge is 0.230 e. The Hall–Kier alpha value is -1.26. The van der Waals surface area contributed by atoms with Gasteiger partial charge < -0.3 is 15.0 Å². The van der Waals surface area contributed by atoms with Crippen molar-refractivity contribution in [3.8, 4) is 5.75 Å². The summed E-state index contributed by atoms with van der Waals surface area (Å²) < 4.78 is 5.66. The molecule has 2 aliphatic rings. The minimum atomic E-state index is -0.0484. The van der Waals surface area contributed by atoms with E-state index in [9.17, 15) is 4.79 Å². The number of hydrogen-bond donors (Lipinski definition) is 1. The molecule has 1 amide bonds. The summed E-state index contributed by atoms with van der Waals surface area (Å²) in [5.41, 5.74) is 1.04. The molecule has 1 fully saturated rings. The fraction of sp³-hybridized carbons (Fsp3) is 0.562.